The predicted molar refractivity (Wildman–Crippen MR) is 126 cm³/mol. The van der Waals surface area contributed by atoms with Gasteiger partial charge in [0.2, 0.25) is 11.8 Å². The highest BCUT2D eigenvalue weighted by Gasteiger charge is 2.28. The van der Waals surface area contributed by atoms with E-state index in [0.717, 1.165) is 22.4 Å². The second-order valence-electron chi connectivity index (χ2n) is 8.07. The van der Waals surface area contributed by atoms with Crippen molar-refractivity contribution in [3.05, 3.63) is 83.7 Å². The van der Waals surface area contributed by atoms with Gasteiger partial charge in [0, 0.05) is 39.0 Å². The lowest BCUT2D eigenvalue weighted by molar-refractivity contribution is -0.129. The quantitative estimate of drug-likeness (QED) is 0.645. The number of nitrogens with zero attached hydrogens (tertiary/aromatic N) is 4. The van der Waals surface area contributed by atoms with Gasteiger partial charge in [0.05, 0.1) is 25.2 Å². The summed E-state index contributed by atoms with van der Waals surface area (Å²) in [5.74, 6) is 0.358. The van der Waals surface area contributed by atoms with Crippen molar-refractivity contribution in [1.82, 2.24) is 14.7 Å². The lowest BCUT2D eigenvalue weighted by Crippen LogP contribution is -2.33. The van der Waals surface area contributed by atoms with Gasteiger partial charge in [-0.05, 0) is 34.9 Å². The minimum atomic E-state index is -0.344. The summed E-state index contributed by atoms with van der Waals surface area (Å²) < 4.78 is 1.76. The van der Waals surface area contributed by atoms with Crippen LogP contribution < -0.4 is 10.2 Å². The molecule has 0 radical (unpaired) electrons. The van der Waals surface area contributed by atoms with Gasteiger partial charge in [-0.2, -0.15) is 5.10 Å². The van der Waals surface area contributed by atoms with Gasteiger partial charge < -0.3 is 15.1 Å². The maximum atomic E-state index is 13.0. The molecule has 1 atom stereocenters. The number of carbonyl (C=O) groups is 2. The third-order valence-corrected chi connectivity index (χ3v) is 5.62. The van der Waals surface area contributed by atoms with E-state index in [1.165, 1.54) is 6.92 Å². The van der Waals surface area contributed by atoms with Crippen molar-refractivity contribution in [2.75, 3.05) is 24.3 Å². The van der Waals surface area contributed by atoms with Crippen molar-refractivity contribution in [1.29, 1.82) is 0 Å². The molecule has 2 amide bonds. The topological polar surface area (TPSA) is 70.5 Å². The Kier molecular flexibility index (Phi) is 6.07. The first-order valence-electron chi connectivity index (χ1n) is 10.6. The molecule has 0 spiro atoms. The summed E-state index contributed by atoms with van der Waals surface area (Å²) >= 11 is 0. The van der Waals surface area contributed by atoms with Gasteiger partial charge in [0.1, 0.15) is 5.82 Å². The minimum Gasteiger partial charge on any atom is -0.378 e. The van der Waals surface area contributed by atoms with Crippen LogP contribution in [0.15, 0.2) is 67.0 Å². The number of fused-ring (bicyclic) bond motifs is 1. The molecule has 7 heteroatoms. The molecule has 0 aliphatic carbocycles. The number of nitrogens with one attached hydrogen (secondary N) is 1. The highest BCUT2D eigenvalue weighted by Crippen LogP contribution is 2.33. The second-order valence-corrected chi connectivity index (χ2v) is 8.07. The molecule has 164 valence electrons. The minimum absolute atomic E-state index is 0.0974. The molecule has 1 aromatic heterocycles. The Balaban J connectivity index is 1.47. The van der Waals surface area contributed by atoms with Crippen LogP contribution in [0.25, 0.3) is 6.08 Å². The van der Waals surface area contributed by atoms with Crippen LogP contribution in [0.5, 0.6) is 0 Å². The van der Waals surface area contributed by atoms with Gasteiger partial charge in [-0.3, -0.25) is 9.59 Å². The maximum Gasteiger partial charge on any atom is 0.227 e. The SMILES string of the molecule is CC(=O)N1C=Cc2ccccc2C1CC(=O)Nc1ccnn1Cc1ccc(N(C)C)cc1. The predicted octanol–water partition coefficient (Wildman–Crippen LogP) is 3.90. The Morgan fingerprint density at radius 2 is 1.81 bits per heavy atom. The Bertz CT molecular complexity index is 1150. The first-order valence-corrected chi connectivity index (χ1v) is 10.6. The van der Waals surface area contributed by atoms with Crippen molar-refractivity contribution in [3.8, 4) is 0 Å². The summed E-state index contributed by atoms with van der Waals surface area (Å²) in [5, 5.41) is 7.33. The number of aromatic nitrogens is 2. The number of hydrogen-bond acceptors (Lipinski definition) is 4. The van der Waals surface area contributed by atoms with Crippen LogP contribution in [0.4, 0.5) is 11.5 Å². The van der Waals surface area contributed by atoms with Crippen LogP contribution >= 0.6 is 0 Å². The molecule has 0 saturated carbocycles. The molecule has 2 heterocycles. The van der Waals surface area contributed by atoms with Gasteiger partial charge in [0.15, 0.2) is 0 Å². The smallest absolute Gasteiger partial charge is 0.227 e. The molecule has 0 saturated heterocycles. The molecule has 1 aliphatic rings. The van der Waals surface area contributed by atoms with Crippen LogP contribution in [-0.4, -0.2) is 40.6 Å². The summed E-state index contributed by atoms with van der Waals surface area (Å²) in [4.78, 5) is 28.8. The van der Waals surface area contributed by atoms with Crippen LogP contribution in [0.3, 0.4) is 0 Å². The molecule has 4 rings (SSSR count). The number of hydrogen-bond donors (Lipinski definition) is 1. The van der Waals surface area contributed by atoms with E-state index in [2.05, 4.69) is 34.7 Å². The van der Waals surface area contributed by atoms with Gasteiger partial charge in [-0.1, -0.05) is 36.4 Å². The molecule has 1 aliphatic heterocycles. The summed E-state index contributed by atoms with van der Waals surface area (Å²) in [6.45, 7) is 2.06. The lowest BCUT2D eigenvalue weighted by Gasteiger charge is -2.32. The number of anilines is 2. The van der Waals surface area contributed by atoms with E-state index in [1.807, 2.05) is 49.3 Å². The van der Waals surface area contributed by atoms with Crippen LogP contribution in [0.1, 0.15) is 36.1 Å². The number of rotatable bonds is 6. The van der Waals surface area contributed by atoms with Gasteiger partial charge in [-0.25, -0.2) is 4.68 Å². The molecule has 1 N–H and O–H groups in total. The van der Waals surface area contributed by atoms with E-state index < -0.39 is 0 Å². The highest BCUT2D eigenvalue weighted by molar-refractivity contribution is 5.91. The van der Waals surface area contributed by atoms with Crippen molar-refractivity contribution >= 4 is 29.4 Å². The molecular weight excluding hydrogens is 402 g/mol. The zero-order valence-corrected chi connectivity index (χ0v) is 18.5. The van der Waals surface area contributed by atoms with E-state index in [1.54, 1.807) is 28.0 Å². The van der Waals surface area contributed by atoms with Crippen molar-refractivity contribution in [2.45, 2.75) is 25.9 Å². The zero-order chi connectivity index (χ0) is 22.7. The third kappa shape index (κ3) is 4.56. The highest BCUT2D eigenvalue weighted by atomic mass is 16.2. The van der Waals surface area contributed by atoms with Crippen molar-refractivity contribution in [2.24, 2.45) is 0 Å². The van der Waals surface area contributed by atoms with Crippen LogP contribution in [0, 0.1) is 0 Å². The summed E-state index contributed by atoms with van der Waals surface area (Å²) in [5.41, 5.74) is 4.20. The fourth-order valence-corrected chi connectivity index (χ4v) is 3.92. The molecule has 1 unspecified atom stereocenters. The fourth-order valence-electron chi connectivity index (χ4n) is 3.92. The number of benzene rings is 2. The first-order chi connectivity index (χ1) is 15.4. The van der Waals surface area contributed by atoms with E-state index in [0.29, 0.717) is 12.4 Å². The van der Waals surface area contributed by atoms with E-state index in [4.69, 9.17) is 0 Å². The van der Waals surface area contributed by atoms with Crippen LogP contribution in [0.2, 0.25) is 0 Å². The number of amides is 2. The maximum absolute atomic E-state index is 13.0. The lowest BCUT2D eigenvalue weighted by atomic mass is 9.93. The first kappa shape index (κ1) is 21.4. The van der Waals surface area contributed by atoms with E-state index in [-0.39, 0.29) is 24.3 Å². The average molecular weight is 430 g/mol. The monoisotopic (exact) mass is 429 g/mol. The summed E-state index contributed by atoms with van der Waals surface area (Å²) in [7, 11) is 4.01. The normalized spacial score (nSPS) is 14.7. The second kappa shape index (κ2) is 9.09. The Hall–Kier alpha value is -3.87. The third-order valence-electron chi connectivity index (χ3n) is 5.62. The molecule has 2 aromatic carbocycles. The fraction of sp³-hybridized carbons (Fsp3) is 0.240. The van der Waals surface area contributed by atoms with Gasteiger partial charge in [-0.15, -0.1) is 0 Å². The van der Waals surface area contributed by atoms with Crippen LogP contribution in [-0.2, 0) is 16.1 Å². The van der Waals surface area contributed by atoms with Gasteiger partial charge >= 0.3 is 0 Å². The van der Waals surface area contributed by atoms with E-state index in [9.17, 15) is 9.59 Å². The van der Waals surface area contributed by atoms with Gasteiger partial charge in [0.25, 0.3) is 0 Å². The molecule has 3 aromatic rings. The Labute approximate surface area is 187 Å². The largest absolute Gasteiger partial charge is 0.378 e. The molecule has 0 fully saturated rings. The van der Waals surface area contributed by atoms with E-state index >= 15 is 0 Å². The summed E-state index contributed by atoms with van der Waals surface area (Å²) in [6, 6.07) is 17.5. The van der Waals surface area contributed by atoms with Crippen molar-refractivity contribution < 1.29 is 9.59 Å². The zero-order valence-electron chi connectivity index (χ0n) is 18.5. The summed E-state index contributed by atoms with van der Waals surface area (Å²) in [6.07, 6.45) is 5.49. The molecule has 0 bridgehead atoms. The molecule has 7 nitrogen and oxygen atoms in total. The molecule has 32 heavy (non-hydrogen) atoms. The molecular formula is C25H27N5O2. The van der Waals surface area contributed by atoms with Crippen molar-refractivity contribution in [3.63, 3.8) is 0 Å². The number of carbonyl (C=O) groups excluding carboxylic acids is 2. The average Bonchev–Trinajstić information content (AvgIpc) is 3.20. The Morgan fingerprint density at radius 3 is 2.53 bits per heavy atom. The Morgan fingerprint density at radius 1 is 1.06 bits per heavy atom. The standard InChI is InChI=1S/C25H27N5O2/c1-18(31)29-15-13-20-6-4-5-7-22(20)23(29)16-25(32)27-24-12-14-26-30(24)17-19-8-10-21(11-9-19)28(2)3/h4-15,23H,16-17H2,1-3H3,(H,27,32).